The van der Waals surface area contributed by atoms with Crippen molar-refractivity contribution in [2.75, 3.05) is 16.8 Å². The van der Waals surface area contributed by atoms with Gasteiger partial charge in [-0.25, -0.2) is 4.90 Å². The maximum absolute atomic E-state index is 12.8. The number of hydrogen-bond acceptors (Lipinski definition) is 4. The van der Waals surface area contributed by atoms with Gasteiger partial charge in [0.2, 0.25) is 5.91 Å². The number of hydrogen-bond donors (Lipinski definition) is 1. The Kier molecular flexibility index (Phi) is 5.03. The number of ether oxygens (including phenoxy) is 1. The summed E-state index contributed by atoms with van der Waals surface area (Å²) in [6.07, 6.45) is 0.989. The van der Waals surface area contributed by atoms with Crippen LogP contribution < -0.4 is 15.0 Å². The van der Waals surface area contributed by atoms with Crippen LogP contribution in [0.4, 0.5) is 11.4 Å². The third-order valence-electron chi connectivity index (χ3n) is 4.11. The van der Waals surface area contributed by atoms with Gasteiger partial charge in [0.15, 0.2) is 0 Å². The van der Waals surface area contributed by atoms with Crippen molar-refractivity contribution in [2.45, 2.75) is 32.7 Å². The second kappa shape index (κ2) is 7.38. The predicted molar refractivity (Wildman–Crippen MR) is 97.9 cm³/mol. The second-order valence-corrected chi connectivity index (χ2v) is 6.15. The second-order valence-electron chi connectivity index (χ2n) is 6.15. The quantitative estimate of drug-likeness (QED) is 0.819. The van der Waals surface area contributed by atoms with E-state index in [4.69, 9.17) is 4.74 Å². The summed E-state index contributed by atoms with van der Waals surface area (Å²) in [6, 6.07) is 14.4. The Morgan fingerprint density at radius 1 is 1.12 bits per heavy atom. The molecule has 2 aromatic rings. The molecule has 130 valence electrons. The van der Waals surface area contributed by atoms with Gasteiger partial charge in [0.1, 0.15) is 11.8 Å². The fraction of sp³-hybridized carbons (Fsp3) is 0.300. The Labute approximate surface area is 147 Å². The Morgan fingerprint density at radius 2 is 1.84 bits per heavy atom. The SMILES string of the molecule is CCCOc1ccccc1N1C(=O)C[C@@H](Nc2ccc(C)cc2)C1=O. The van der Waals surface area contributed by atoms with Crippen LogP contribution in [0.15, 0.2) is 48.5 Å². The molecule has 0 radical (unpaired) electrons. The largest absolute Gasteiger partial charge is 0.491 e. The molecule has 1 aliphatic rings. The number of imide groups is 1. The van der Waals surface area contributed by atoms with E-state index in [0.29, 0.717) is 18.0 Å². The first-order valence-electron chi connectivity index (χ1n) is 8.52. The molecule has 0 aromatic heterocycles. The number of rotatable bonds is 6. The predicted octanol–water partition coefficient (Wildman–Crippen LogP) is 3.53. The number of para-hydroxylation sites is 2. The molecule has 5 heteroatoms. The summed E-state index contributed by atoms with van der Waals surface area (Å²) in [7, 11) is 0. The molecule has 0 aliphatic carbocycles. The van der Waals surface area contributed by atoms with E-state index < -0.39 is 6.04 Å². The molecule has 1 aliphatic heterocycles. The van der Waals surface area contributed by atoms with Crippen LogP contribution in [0.25, 0.3) is 0 Å². The topological polar surface area (TPSA) is 58.6 Å². The highest BCUT2D eigenvalue weighted by atomic mass is 16.5. The Hall–Kier alpha value is -2.82. The number of amides is 2. The number of carbonyl (C=O) groups is 2. The molecule has 0 spiro atoms. The molecular weight excluding hydrogens is 316 g/mol. The molecular formula is C20H22N2O3. The summed E-state index contributed by atoms with van der Waals surface area (Å²) in [5.41, 5.74) is 2.48. The van der Waals surface area contributed by atoms with Gasteiger partial charge in [-0.2, -0.15) is 0 Å². The first kappa shape index (κ1) is 17.0. The minimum atomic E-state index is -0.561. The maximum atomic E-state index is 12.8. The molecule has 1 fully saturated rings. The number of benzene rings is 2. The number of nitrogens with zero attached hydrogens (tertiary/aromatic N) is 1. The first-order valence-corrected chi connectivity index (χ1v) is 8.52. The maximum Gasteiger partial charge on any atom is 0.256 e. The van der Waals surface area contributed by atoms with Crippen molar-refractivity contribution in [2.24, 2.45) is 0 Å². The van der Waals surface area contributed by atoms with Gasteiger partial charge < -0.3 is 10.1 Å². The molecule has 2 amide bonds. The minimum absolute atomic E-state index is 0.134. The van der Waals surface area contributed by atoms with E-state index >= 15 is 0 Å². The fourth-order valence-electron chi connectivity index (χ4n) is 2.82. The molecule has 0 bridgehead atoms. The Bertz CT molecular complexity index is 771. The van der Waals surface area contributed by atoms with Crippen LogP contribution in [-0.4, -0.2) is 24.5 Å². The van der Waals surface area contributed by atoms with Gasteiger partial charge >= 0.3 is 0 Å². The van der Waals surface area contributed by atoms with Gasteiger partial charge in [-0.3, -0.25) is 9.59 Å². The molecule has 1 atom stereocenters. The van der Waals surface area contributed by atoms with E-state index in [1.165, 1.54) is 4.90 Å². The third kappa shape index (κ3) is 3.65. The lowest BCUT2D eigenvalue weighted by Crippen LogP contribution is -2.35. The standard InChI is InChI=1S/C20H22N2O3/c1-3-12-25-18-7-5-4-6-17(18)22-19(23)13-16(20(22)24)21-15-10-8-14(2)9-11-15/h4-11,16,21H,3,12-13H2,1-2H3/t16-/m1/s1. The lowest BCUT2D eigenvalue weighted by atomic mass is 10.2. The molecule has 1 heterocycles. The summed E-state index contributed by atoms with van der Waals surface area (Å²) in [5.74, 6) is 0.0855. The summed E-state index contributed by atoms with van der Waals surface area (Å²) in [6.45, 7) is 4.55. The highest BCUT2D eigenvalue weighted by molar-refractivity contribution is 6.23. The summed E-state index contributed by atoms with van der Waals surface area (Å²) < 4.78 is 5.70. The molecule has 1 saturated heterocycles. The average Bonchev–Trinajstić information content (AvgIpc) is 2.89. The summed E-state index contributed by atoms with van der Waals surface area (Å²) >= 11 is 0. The van der Waals surface area contributed by atoms with E-state index in [0.717, 1.165) is 17.7 Å². The zero-order valence-electron chi connectivity index (χ0n) is 14.5. The lowest BCUT2D eigenvalue weighted by Gasteiger charge is -2.19. The molecule has 1 N–H and O–H groups in total. The van der Waals surface area contributed by atoms with E-state index in [9.17, 15) is 9.59 Å². The number of aryl methyl sites for hydroxylation is 1. The molecule has 5 nitrogen and oxygen atoms in total. The van der Waals surface area contributed by atoms with E-state index in [1.54, 1.807) is 18.2 Å². The van der Waals surface area contributed by atoms with Crippen LogP contribution in [0.1, 0.15) is 25.3 Å². The molecule has 0 unspecified atom stereocenters. The van der Waals surface area contributed by atoms with Gasteiger partial charge in [0.05, 0.1) is 18.7 Å². The van der Waals surface area contributed by atoms with Gasteiger partial charge in [0, 0.05) is 5.69 Å². The number of carbonyl (C=O) groups excluding carboxylic acids is 2. The van der Waals surface area contributed by atoms with Gasteiger partial charge in [-0.15, -0.1) is 0 Å². The lowest BCUT2D eigenvalue weighted by molar-refractivity contribution is -0.121. The van der Waals surface area contributed by atoms with Crippen LogP contribution in [0.5, 0.6) is 5.75 Å². The smallest absolute Gasteiger partial charge is 0.256 e. The molecule has 0 saturated carbocycles. The van der Waals surface area contributed by atoms with Crippen LogP contribution in [0.3, 0.4) is 0 Å². The average molecular weight is 338 g/mol. The number of nitrogens with one attached hydrogen (secondary N) is 1. The van der Waals surface area contributed by atoms with Gasteiger partial charge in [0.25, 0.3) is 5.91 Å². The number of anilines is 2. The van der Waals surface area contributed by atoms with Crippen LogP contribution in [-0.2, 0) is 9.59 Å². The zero-order chi connectivity index (χ0) is 17.8. The Balaban J connectivity index is 1.81. The van der Waals surface area contributed by atoms with Crippen molar-refractivity contribution in [1.82, 2.24) is 0 Å². The highest BCUT2D eigenvalue weighted by Gasteiger charge is 2.40. The normalized spacial score (nSPS) is 17.0. The van der Waals surface area contributed by atoms with Crippen LogP contribution >= 0.6 is 0 Å². The third-order valence-corrected chi connectivity index (χ3v) is 4.11. The molecule has 3 rings (SSSR count). The van der Waals surface area contributed by atoms with E-state index in [-0.39, 0.29) is 18.2 Å². The van der Waals surface area contributed by atoms with Gasteiger partial charge in [-0.05, 0) is 37.6 Å². The van der Waals surface area contributed by atoms with Crippen molar-refractivity contribution in [3.8, 4) is 5.75 Å². The molecule has 25 heavy (non-hydrogen) atoms. The van der Waals surface area contributed by atoms with Crippen LogP contribution in [0.2, 0.25) is 0 Å². The monoisotopic (exact) mass is 338 g/mol. The summed E-state index contributed by atoms with van der Waals surface area (Å²) in [5, 5.41) is 3.16. The Morgan fingerprint density at radius 3 is 2.56 bits per heavy atom. The van der Waals surface area contributed by atoms with E-state index in [1.807, 2.05) is 44.2 Å². The van der Waals surface area contributed by atoms with Gasteiger partial charge in [-0.1, -0.05) is 36.8 Å². The zero-order valence-corrected chi connectivity index (χ0v) is 14.5. The fourth-order valence-corrected chi connectivity index (χ4v) is 2.82. The molecule has 2 aromatic carbocycles. The minimum Gasteiger partial charge on any atom is -0.491 e. The summed E-state index contributed by atoms with van der Waals surface area (Å²) in [4.78, 5) is 26.5. The van der Waals surface area contributed by atoms with E-state index in [2.05, 4.69) is 5.32 Å². The van der Waals surface area contributed by atoms with Crippen molar-refractivity contribution >= 4 is 23.2 Å². The van der Waals surface area contributed by atoms with Crippen molar-refractivity contribution in [1.29, 1.82) is 0 Å². The van der Waals surface area contributed by atoms with Crippen LogP contribution in [0, 0.1) is 6.92 Å². The van der Waals surface area contributed by atoms with Crippen molar-refractivity contribution < 1.29 is 14.3 Å². The first-order chi connectivity index (χ1) is 12.1. The highest BCUT2D eigenvalue weighted by Crippen LogP contribution is 2.33. The van der Waals surface area contributed by atoms with Crippen molar-refractivity contribution in [3.05, 3.63) is 54.1 Å². The van der Waals surface area contributed by atoms with Crippen molar-refractivity contribution in [3.63, 3.8) is 0 Å².